The maximum atomic E-state index is 12.7. The van der Waals surface area contributed by atoms with Crippen LogP contribution in [0.5, 0.6) is 5.75 Å². The van der Waals surface area contributed by atoms with E-state index in [1.807, 2.05) is 30.3 Å². The van der Waals surface area contributed by atoms with Crippen molar-refractivity contribution >= 4 is 28.3 Å². The second-order valence-corrected chi connectivity index (χ2v) is 5.52. The molecule has 4 heteroatoms. The molecule has 0 aliphatic carbocycles. The van der Waals surface area contributed by atoms with Crippen LogP contribution in [0.15, 0.2) is 42.6 Å². The predicted molar refractivity (Wildman–Crippen MR) is 82.4 cm³/mol. The number of rotatable bonds is 2. The second kappa shape index (κ2) is 4.64. The number of carbonyl (C=O) groups excluding carboxylic acids is 1. The first kappa shape index (κ1) is 12.5. The van der Waals surface area contributed by atoms with Crippen LogP contribution in [-0.4, -0.2) is 17.4 Å². The summed E-state index contributed by atoms with van der Waals surface area (Å²) in [5, 5.41) is 1.47. The van der Waals surface area contributed by atoms with Gasteiger partial charge >= 0.3 is 0 Å². The van der Waals surface area contributed by atoms with Gasteiger partial charge in [0, 0.05) is 29.1 Å². The summed E-state index contributed by atoms with van der Waals surface area (Å²) in [5.74, 6) is 0.881. The van der Waals surface area contributed by atoms with Gasteiger partial charge in [-0.05, 0) is 29.8 Å². The SMILES string of the molecule is O=C(c1ccc2c(c1)CCO2)c1c[nH]c2c(Cl)cccc12. The molecule has 0 amide bonds. The maximum absolute atomic E-state index is 12.7. The fraction of sp³-hybridized carbons (Fsp3) is 0.118. The van der Waals surface area contributed by atoms with E-state index in [1.165, 1.54) is 0 Å². The Morgan fingerprint density at radius 2 is 2.14 bits per heavy atom. The molecular weight excluding hydrogens is 286 g/mol. The van der Waals surface area contributed by atoms with Crippen LogP contribution in [0.1, 0.15) is 21.5 Å². The Balaban J connectivity index is 1.82. The van der Waals surface area contributed by atoms with E-state index in [0.29, 0.717) is 22.8 Å². The highest BCUT2D eigenvalue weighted by molar-refractivity contribution is 6.35. The van der Waals surface area contributed by atoms with Crippen LogP contribution >= 0.6 is 11.6 Å². The summed E-state index contributed by atoms with van der Waals surface area (Å²) in [5.41, 5.74) is 3.22. The number of carbonyl (C=O) groups is 1. The molecule has 3 aromatic rings. The molecule has 2 aromatic carbocycles. The van der Waals surface area contributed by atoms with Gasteiger partial charge in [0.05, 0.1) is 17.1 Å². The van der Waals surface area contributed by atoms with Crippen molar-refractivity contribution in [1.29, 1.82) is 0 Å². The average molecular weight is 298 g/mol. The molecule has 0 unspecified atom stereocenters. The quantitative estimate of drug-likeness (QED) is 0.727. The third-order valence-electron chi connectivity index (χ3n) is 3.86. The number of ketones is 1. The third-order valence-corrected chi connectivity index (χ3v) is 4.18. The van der Waals surface area contributed by atoms with E-state index in [4.69, 9.17) is 16.3 Å². The first-order chi connectivity index (χ1) is 10.2. The van der Waals surface area contributed by atoms with Crippen molar-refractivity contribution in [3.63, 3.8) is 0 Å². The lowest BCUT2D eigenvalue weighted by Gasteiger charge is -2.03. The van der Waals surface area contributed by atoms with Crippen molar-refractivity contribution in [3.05, 3.63) is 64.3 Å². The molecule has 4 rings (SSSR count). The molecule has 1 aliphatic heterocycles. The molecule has 3 nitrogen and oxygen atoms in total. The summed E-state index contributed by atoms with van der Waals surface area (Å²) in [6.07, 6.45) is 2.58. The highest BCUT2D eigenvalue weighted by Crippen LogP contribution is 2.29. The molecule has 1 N–H and O–H groups in total. The topological polar surface area (TPSA) is 42.1 Å². The lowest BCUT2D eigenvalue weighted by atomic mass is 10.00. The van der Waals surface area contributed by atoms with Crippen LogP contribution in [0, 0.1) is 0 Å². The van der Waals surface area contributed by atoms with E-state index in [-0.39, 0.29) is 5.78 Å². The van der Waals surface area contributed by atoms with E-state index in [0.717, 1.165) is 28.6 Å². The van der Waals surface area contributed by atoms with Gasteiger partial charge in [0.1, 0.15) is 5.75 Å². The van der Waals surface area contributed by atoms with Gasteiger partial charge in [-0.15, -0.1) is 0 Å². The number of aromatic amines is 1. The Morgan fingerprint density at radius 3 is 3.05 bits per heavy atom. The first-order valence-electron chi connectivity index (χ1n) is 6.80. The molecule has 104 valence electrons. The van der Waals surface area contributed by atoms with E-state index < -0.39 is 0 Å². The van der Waals surface area contributed by atoms with E-state index in [2.05, 4.69) is 4.98 Å². The number of hydrogen-bond acceptors (Lipinski definition) is 2. The standard InChI is InChI=1S/C17H12ClNO2/c18-14-3-1-2-12-13(9-19-16(12)14)17(20)11-4-5-15-10(8-11)6-7-21-15/h1-5,8-9,19H,6-7H2. The summed E-state index contributed by atoms with van der Waals surface area (Å²) < 4.78 is 5.47. The fourth-order valence-corrected chi connectivity index (χ4v) is 3.02. The number of ether oxygens (including phenoxy) is 1. The Hall–Kier alpha value is -2.26. The Morgan fingerprint density at radius 1 is 1.24 bits per heavy atom. The zero-order chi connectivity index (χ0) is 14.4. The minimum atomic E-state index is -0.00165. The normalized spacial score (nSPS) is 13.2. The smallest absolute Gasteiger partial charge is 0.195 e. The van der Waals surface area contributed by atoms with Crippen molar-refractivity contribution in [2.75, 3.05) is 6.61 Å². The van der Waals surface area contributed by atoms with Gasteiger partial charge in [0.2, 0.25) is 0 Å². The van der Waals surface area contributed by atoms with Crippen LogP contribution in [0.3, 0.4) is 0 Å². The van der Waals surface area contributed by atoms with Crippen molar-refractivity contribution < 1.29 is 9.53 Å². The van der Waals surface area contributed by atoms with Crippen LogP contribution < -0.4 is 4.74 Å². The molecule has 0 spiro atoms. The highest BCUT2D eigenvalue weighted by atomic mass is 35.5. The Kier molecular flexibility index (Phi) is 2.76. The molecule has 2 heterocycles. The molecular formula is C17H12ClNO2. The van der Waals surface area contributed by atoms with Gasteiger partial charge in [0.15, 0.2) is 5.78 Å². The molecule has 0 saturated carbocycles. The largest absolute Gasteiger partial charge is 0.493 e. The Labute approximate surface area is 126 Å². The summed E-state index contributed by atoms with van der Waals surface area (Å²) in [4.78, 5) is 15.8. The lowest BCUT2D eigenvalue weighted by Crippen LogP contribution is -2.00. The van der Waals surface area contributed by atoms with E-state index in [9.17, 15) is 4.79 Å². The lowest BCUT2D eigenvalue weighted by molar-refractivity contribution is 0.104. The minimum Gasteiger partial charge on any atom is -0.493 e. The maximum Gasteiger partial charge on any atom is 0.195 e. The molecule has 0 atom stereocenters. The van der Waals surface area contributed by atoms with Gasteiger partial charge in [-0.1, -0.05) is 23.7 Å². The summed E-state index contributed by atoms with van der Waals surface area (Å²) in [6.45, 7) is 0.690. The van der Waals surface area contributed by atoms with E-state index >= 15 is 0 Å². The van der Waals surface area contributed by atoms with Crippen molar-refractivity contribution in [3.8, 4) is 5.75 Å². The van der Waals surface area contributed by atoms with Crippen LogP contribution in [0.25, 0.3) is 10.9 Å². The first-order valence-corrected chi connectivity index (χ1v) is 7.18. The molecule has 0 radical (unpaired) electrons. The van der Waals surface area contributed by atoms with Gasteiger partial charge in [-0.3, -0.25) is 4.79 Å². The average Bonchev–Trinajstić information content (AvgIpc) is 3.13. The van der Waals surface area contributed by atoms with Gasteiger partial charge in [-0.25, -0.2) is 0 Å². The highest BCUT2D eigenvalue weighted by Gasteiger charge is 2.18. The van der Waals surface area contributed by atoms with Gasteiger partial charge in [-0.2, -0.15) is 0 Å². The summed E-state index contributed by atoms with van der Waals surface area (Å²) in [6, 6.07) is 11.2. The molecule has 1 aliphatic rings. The number of benzene rings is 2. The summed E-state index contributed by atoms with van der Waals surface area (Å²) >= 11 is 6.14. The van der Waals surface area contributed by atoms with Crippen molar-refractivity contribution in [1.82, 2.24) is 4.98 Å². The van der Waals surface area contributed by atoms with Gasteiger partial charge < -0.3 is 9.72 Å². The molecule has 1 aromatic heterocycles. The number of aromatic nitrogens is 1. The number of halogens is 1. The van der Waals surface area contributed by atoms with Crippen LogP contribution in [0.2, 0.25) is 5.02 Å². The molecule has 0 fully saturated rings. The van der Waals surface area contributed by atoms with Crippen molar-refractivity contribution in [2.45, 2.75) is 6.42 Å². The van der Waals surface area contributed by atoms with Gasteiger partial charge in [0.25, 0.3) is 0 Å². The molecule has 0 saturated heterocycles. The van der Waals surface area contributed by atoms with Crippen molar-refractivity contribution in [2.24, 2.45) is 0 Å². The number of H-pyrrole nitrogens is 1. The van der Waals surface area contributed by atoms with Crippen LogP contribution in [0.4, 0.5) is 0 Å². The minimum absolute atomic E-state index is 0.00165. The number of para-hydroxylation sites is 1. The monoisotopic (exact) mass is 297 g/mol. The van der Waals surface area contributed by atoms with Crippen LogP contribution in [-0.2, 0) is 6.42 Å². The molecule has 21 heavy (non-hydrogen) atoms. The number of fused-ring (bicyclic) bond motifs is 2. The Bertz CT molecular complexity index is 866. The molecule has 0 bridgehead atoms. The predicted octanol–water partition coefficient (Wildman–Crippen LogP) is 3.99. The zero-order valence-corrected chi connectivity index (χ0v) is 11.9. The zero-order valence-electron chi connectivity index (χ0n) is 11.2. The summed E-state index contributed by atoms with van der Waals surface area (Å²) in [7, 11) is 0. The number of nitrogens with one attached hydrogen (secondary N) is 1. The van der Waals surface area contributed by atoms with E-state index in [1.54, 1.807) is 12.3 Å². The fourth-order valence-electron chi connectivity index (χ4n) is 2.79. The third kappa shape index (κ3) is 1.93. The second-order valence-electron chi connectivity index (χ2n) is 5.11. The number of hydrogen-bond donors (Lipinski definition) is 1.